The second-order valence-corrected chi connectivity index (χ2v) is 7.17. The Labute approximate surface area is 152 Å². The quantitative estimate of drug-likeness (QED) is 0.647. The molecule has 25 heavy (non-hydrogen) atoms. The van der Waals surface area contributed by atoms with E-state index in [0.717, 1.165) is 34.6 Å². The Bertz CT molecular complexity index is 939. The fourth-order valence-corrected chi connectivity index (χ4v) is 3.75. The van der Waals surface area contributed by atoms with Crippen LogP contribution in [0.3, 0.4) is 0 Å². The van der Waals surface area contributed by atoms with Crippen LogP contribution in [0.4, 0.5) is 0 Å². The minimum atomic E-state index is 0.164. The van der Waals surface area contributed by atoms with Crippen LogP contribution in [0.15, 0.2) is 48.5 Å². The minimum Gasteiger partial charge on any atom is -0.294 e. The van der Waals surface area contributed by atoms with Gasteiger partial charge in [-0.25, -0.2) is 4.68 Å². The molecule has 1 aromatic heterocycles. The summed E-state index contributed by atoms with van der Waals surface area (Å²) in [6.07, 6.45) is 1.33. The van der Waals surface area contributed by atoms with Crippen molar-refractivity contribution in [3.63, 3.8) is 0 Å². The van der Waals surface area contributed by atoms with Crippen LogP contribution in [-0.4, -0.2) is 15.6 Å². The minimum absolute atomic E-state index is 0.164. The predicted octanol–water partition coefficient (Wildman–Crippen LogP) is 5.06. The molecule has 0 N–H and O–H groups in total. The molecule has 1 heterocycles. The number of ketones is 1. The molecule has 0 fully saturated rings. The summed E-state index contributed by atoms with van der Waals surface area (Å²) in [5.41, 5.74) is 5.98. The lowest BCUT2D eigenvalue weighted by Crippen LogP contribution is -2.20. The van der Waals surface area contributed by atoms with Crippen LogP contribution in [0, 0.1) is 13.8 Å². The van der Waals surface area contributed by atoms with E-state index in [-0.39, 0.29) is 11.7 Å². The van der Waals surface area contributed by atoms with Gasteiger partial charge in [-0.1, -0.05) is 41.4 Å². The van der Waals surface area contributed by atoms with Crippen LogP contribution in [-0.2, 0) is 6.42 Å². The van der Waals surface area contributed by atoms with Crippen molar-refractivity contribution in [3.8, 4) is 5.69 Å². The Morgan fingerprint density at radius 1 is 1.00 bits per heavy atom. The van der Waals surface area contributed by atoms with E-state index in [9.17, 15) is 4.79 Å². The van der Waals surface area contributed by atoms with Gasteiger partial charge in [-0.2, -0.15) is 5.10 Å². The third-order valence-corrected chi connectivity index (χ3v) is 5.18. The Morgan fingerprint density at radius 3 is 2.36 bits per heavy atom. The number of fused-ring (bicyclic) bond motifs is 1. The molecule has 3 nitrogen and oxygen atoms in total. The van der Waals surface area contributed by atoms with E-state index in [1.54, 1.807) is 0 Å². The molecule has 0 bridgehead atoms. The van der Waals surface area contributed by atoms with Crippen molar-refractivity contribution in [2.24, 2.45) is 0 Å². The van der Waals surface area contributed by atoms with Crippen molar-refractivity contribution in [3.05, 3.63) is 81.6 Å². The normalized spacial score (nSPS) is 16.8. The highest BCUT2D eigenvalue weighted by Crippen LogP contribution is 2.35. The highest BCUT2D eigenvalue weighted by Gasteiger charge is 2.32. The van der Waals surface area contributed by atoms with Gasteiger partial charge < -0.3 is 0 Å². The number of aromatic nitrogens is 2. The molecule has 1 aliphatic rings. The van der Waals surface area contributed by atoms with Crippen molar-refractivity contribution in [1.29, 1.82) is 0 Å². The number of hydrogen-bond donors (Lipinski definition) is 0. The average Bonchev–Trinajstić information content (AvgIpc) is 2.93. The Hall–Kier alpha value is -2.39. The zero-order valence-corrected chi connectivity index (χ0v) is 15.0. The maximum atomic E-state index is 12.8. The van der Waals surface area contributed by atoms with Gasteiger partial charge in [-0.3, -0.25) is 4.79 Å². The summed E-state index contributed by atoms with van der Waals surface area (Å²) in [7, 11) is 0. The third-order valence-electron chi connectivity index (χ3n) is 4.93. The van der Waals surface area contributed by atoms with Gasteiger partial charge in [0.15, 0.2) is 5.78 Å². The van der Waals surface area contributed by atoms with Gasteiger partial charge in [0.25, 0.3) is 0 Å². The Morgan fingerprint density at radius 2 is 1.68 bits per heavy atom. The van der Waals surface area contributed by atoms with Gasteiger partial charge in [0.2, 0.25) is 0 Å². The molecule has 0 spiro atoms. The second-order valence-electron chi connectivity index (χ2n) is 6.73. The molecule has 2 aromatic carbocycles. The van der Waals surface area contributed by atoms with Crippen molar-refractivity contribution >= 4 is 17.4 Å². The topological polar surface area (TPSA) is 34.9 Å². The van der Waals surface area contributed by atoms with Gasteiger partial charge >= 0.3 is 0 Å². The molecule has 4 rings (SSSR count). The van der Waals surface area contributed by atoms with E-state index >= 15 is 0 Å². The molecule has 0 radical (unpaired) electrons. The summed E-state index contributed by atoms with van der Waals surface area (Å²) in [5.74, 6) is 0.342. The number of hydrogen-bond acceptors (Lipinski definition) is 2. The van der Waals surface area contributed by atoms with E-state index in [4.69, 9.17) is 11.6 Å². The van der Waals surface area contributed by atoms with E-state index in [0.29, 0.717) is 11.4 Å². The number of halogens is 1. The summed E-state index contributed by atoms with van der Waals surface area (Å²) in [5, 5.41) is 5.37. The van der Waals surface area contributed by atoms with Crippen LogP contribution in [0.2, 0.25) is 5.02 Å². The van der Waals surface area contributed by atoms with Crippen molar-refractivity contribution in [2.75, 3.05) is 0 Å². The average molecular weight is 351 g/mol. The monoisotopic (exact) mass is 350 g/mol. The molecule has 0 saturated carbocycles. The van der Waals surface area contributed by atoms with Gasteiger partial charge in [0.1, 0.15) is 0 Å². The first kappa shape index (κ1) is 16.1. The van der Waals surface area contributed by atoms with Crippen molar-refractivity contribution in [1.82, 2.24) is 9.78 Å². The number of nitrogens with zero attached hydrogens (tertiary/aromatic N) is 2. The summed E-state index contributed by atoms with van der Waals surface area (Å²) < 4.78 is 1.93. The highest BCUT2D eigenvalue weighted by molar-refractivity contribution is 6.30. The van der Waals surface area contributed by atoms with Crippen molar-refractivity contribution < 1.29 is 4.79 Å². The molecule has 3 aromatic rings. The van der Waals surface area contributed by atoms with Crippen LogP contribution in [0.5, 0.6) is 0 Å². The first-order valence-electron chi connectivity index (χ1n) is 8.47. The Kier molecular flexibility index (Phi) is 3.97. The van der Waals surface area contributed by atoms with Crippen LogP contribution >= 0.6 is 11.6 Å². The number of benzene rings is 2. The van der Waals surface area contributed by atoms with Crippen molar-refractivity contribution in [2.45, 2.75) is 32.6 Å². The lowest BCUT2D eigenvalue weighted by molar-refractivity contribution is 0.0963. The van der Waals surface area contributed by atoms with E-state index < -0.39 is 0 Å². The number of carbonyl (C=O) groups excluding carboxylic acids is 1. The highest BCUT2D eigenvalue weighted by atomic mass is 35.5. The molecule has 1 unspecified atom stereocenters. The number of aryl methyl sites for hydroxylation is 2. The smallest absolute Gasteiger partial charge is 0.167 e. The number of carbonyl (C=O) groups is 1. The fraction of sp³-hybridized carbons (Fsp3) is 0.238. The molecule has 0 aliphatic heterocycles. The zero-order chi connectivity index (χ0) is 17.6. The molecule has 126 valence electrons. The molecule has 1 atom stereocenters. The SMILES string of the molecule is Cc1ccc(-n2nc(C)c3c2CC(c2ccc(Cl)cc2)CC3=O)cc1. The van der Waals surface area contributed by atoms with Gasteiger partial charge in [-0.15, -0.1) is 0 Å². The maximum absolute atomic E-state index is 12.8. The van der Waals surface area contributed by atoms with Crippen LogP contribution in [0.25, 0.3) is 5.69 Å². The van der Waals surface area contributed by atoms with E-state index in [1.807, 2.05) is 35.9 Å². The standard InChI is InChI=1S/C21H19ClN2O/c1-13-3-9-18(10-4-13)24-19-11-16(15-5-7-17(22)8-6-15)12-20(25)21(19)14(2)23-24/h3-10,16H,11-12H2,1-2H3. The van der Waals surface area contributed by atoms with Gasteiger partial charge in [-0.05, 0) is 56.0 Å². The number of rotatable bonds is 2. The number of Topliss-reactive ketones (excluding diaryl/α,β-unsaturated/α-hetero) is 1. The van der Waals surface area contributed by atoms with Gasteiger partial charge in [0, 0.05) is 11.4 Å². The molecule has 4 heteroatoms. The molecule has 0 saturated heterocycles. The third kappa shape index (κ3) is 2.89. The summed E-state index contributed by atoms with van der Waals surface area (Å²) in [6.45, 7) is 3.98. The summed E-state index contributed by atoms with van der Waals surface area (Å²) in [4.78, 5) is 12.8. The van der Waals surface area contributed by atoms with Crippen LogP contribution < -0.4 is 0 Å². The van der Waals surface area contributed by atoms with Gasteiger partial charge in [0.05, 0.1) is 22.6 Å². The molecular weight excluding hydrogens is 332 g/mol. The Balaban J connectivity index is 1.78. The summed E-state index contributed by atoms with van der Waals surface area (Å²) in [6, 6.07) is 16.1. The summed E-state index contributed by atoms with van der Waals surface area (Å²) >= 11 is 6.00. The largest absolute Gasteiger partial charge is 0.294 e. The second kappa shape index (κ2) is 6.16. The van der Waals surface area contributed by atoms with E-state index in [2.05, 4.69) is 36.3 Å². The fourth-order valence-electron chi connectivity index (χ4n) is 3.63. The lowest BCUT2D eigenvalue weighted by Gasteiger charge is -2.23. The molecule has 1 aliphatic carbocycles. The zero-order valence-electron chi connectivity index (χ0n) is 14.3. The lowest BCUT2D eigenvalue weighted by atomic mass is 9.81. The first-order chi connectivity index (χ1) is 12.0. The predicted molar refractivity (Wildman–Crippen MR) is 99.9 cm³/mol. The van der Waals surface area contributed by atoms with E-state index in [1.165, 1.54) is 5.56 Å². The first-order valence-corrected chi connectivity index (χ1v) is 8.85. The molecular formula is C21H19ClN2O. The van der Waals surface area contributed by atoms with Crippen LogP contribution in [0.1, 0.15) is 45.2 Å². The molecule has 0 amide bonds. The maximum Gasteiger partial charge on any atom is 0.167 e.